The van der Waals surface area contributed by atoms with Crippen LogP contribution < -0.4 is 0 Å². The molecule has 0 radical (unpaired) electrons. The fourth-order valence-corrected chi connectivity index (χ4v) is 1.16. The molecular weight excluding hydrogens is 183 g/mol. The van der Waals surface area contributed by atoms with Gasteiger partial charge in [-0.2, -0.15) is 0 Å². The average molecular weight is 196 g/mol. The molecule has 0 unspecified atom stereocenters. The van der Waals surface area contributed by atoms with Crippen molar-refractivity contribution in [2.24, 2.45) is 5.92 Å². The molecule has 3 heteroatoms. The standard InChI is InChI=1S/C11H13FO2/c1-8(11(13)14)2-3-9-4-6-10(12)7-5-9/h4-8H,2-3H2,1H3,(H,13,14)/t8-/m0/s1. The van der Waals surface area contributed by atoms with Gasteiger partial charge in [-0.1, -0.05) is 19.1 Å². The predicted molar refractivity (Wildman–Crippen MR) is 51.5 cm³/mol. The summed E-state index contributed by atoms with van der Waals surface area (Å²) in [6, 6.07) is 6.15. The molecular formula is C11H13FO2. The second kappa shape index (κ2) is 4.74. The second-order valence-corrected chi connectivity index (χ2v) is 3.40. The van der Waals surface area contributed by atoms with Crippen LogP contribution in [0.2, 0.25) is 0 Å². The van der Waals surface area contributed by atoms with E-state index in [1.165, 1.54) is 12.1 Å². The molecule has 76 valence electrons. The zero-order valence-corrected chi connectivity index (χ0v) is 8.03. The zero-order chi connectivity index (χ0) is 10.6. The summed E-state index contributed by atoms with van der Waals surface area (Å²) in [5.74, 6) is -1.40. The van der Waals surface area contributed by atoms with E-state index in [1.54, 1.807) is 19.1 Å². The lowest BCUT2D eigenvalue weighted by molar-refractivity contribution is -0.141. The highest BCUT2D eigenvalue weighted by molar-refractivity contribution is 5.69. The van der Waals surface area contributed by atoms with Crippen LogP contribution in [-0.4, -0.2) is 11.1 Å². The van der Waals surface area contributed by atoms with Gasteiger partial charge in [-0.05, 0) is 30.5 Å². The Balaban J connectivity index is 2.46. The van der Waals surface area contributed by atoms with Crippen LogP contribution in [0, 0.1) is 11.7 Å². The van der Waals surface area contributed by atoms with E-state index in [2.05, 4.69) is 0 Å². The molecule has 0 aromatic heterocycles. The maximum Gasteiger partial charge on any atom is 0.306 e. The van der Waals surface area contributed by atoms with Gasteiger partial charge in [0.15, 0.2) is 0 Å². The van der Waals surface area contributed by atoms with Crippen molar-refractivity contribution in [3.63, 3.8) is 0 Å². The lowest BCUT2D eigenvalue weighted by Gasteiger charge is -2.05. The van der Waals surface area contributed by atoms with Gasteiger partial charge in [-0.25, -0.2) is 4.39 Å². The van der Waals surface area contributed by atoms with Crippen LogP contribution in [-0.2, 0) is 11.2 Å². The SMILES string of the molecule is C[C@@H](CCc1ccc(F)cc1)C(=O)O. The van der Waals surface area contributed by atoms with E-state index in [0.29, 0.717) is 12.8 Å². The van der Waals surface area contributed by atoms with Gasteiger partial charge in [0.05, 0.1) is 5.92 Å². The molecule has 0 saturated heterocycles. The summed E-state index contributed by atoms with van der Waals surface area (Å²) >= 11 is 0. The fourth-order valence-electron chi connectivity index (χ4n) is 1.16. The van der Waals surface area contributed by atoms with Crippen LogP contribution in [0.4, 0.5) is 4.39 Å². The summed E-state index contributed by atoms with van der Waals surface area (Å²) in [7, 11) is 0. The molecule has 1 N–H and O–H groups in total. The molecule has 0 amide bonds. The van der Waals surface area contributed by atoms with Crippen molar-refractivity contribution in [2.45, 2.75) is 19.8 Å². The normalized spacial score (nSPS) is 12.4. The van der Waals surface area contributed by atoms with E-state index in [0.717, 1.165) is 5.56 Å². The second-order valence-electron chi connectivity index (χ2n) is 3.40. The maximum atomic E-state index is 12.5. The first-order valence-electron chi connectivity index (χ1n) is 4.57. The average Bonchev–Trinajstić information content (AvgIpc) is 2.16. The highest BCUT2D eigenvalue weighted by atomic mass is 19.1. The Bertz CT molecular complexity index is 306. The van der Waals surface area contributed by atoms with E-state index in [-0.39, 0.29) is 11.7 Å². The van der Waals surface area contributed by atoms with E-state index >= 15 is 0 Å². The van der Waals surface area contributed by atoms with Crippen LogP contribution >= 0.6 is 0 Å². The van der Waals surface area contributed by atoms with Crippen LogP contribution in [0.1, 0.15) is 18.9 Å². The van der Waals surface area contributed by atoms with Crippen molar-refractivity contribution in [3.8, 4) is 0 Å². The Labute approximate surface area is 82.4 Å². The lowest BCUT2D eigenvalue weighted by Crippen LogP contribution is -2.10. The van der Waals surface area contributed by atoms with Crippen LogP contribution in [0.15, 0.2) is 24.3 Å². The number of hydrogen-bond donors (Lipinski definition) is 1. The van der Waals surface area contributed by atoms with E-state index in [4.69, 9.17) is 5.11 Å². The number of aryl methyl sites for hydroxylation is 1. The minimum atomic E-state index is -0.785. The molecule has 0 saturated carbocycles. The third-order valence-electron chi connectivity index (χ3n) is 2.20. The molecule has 0 bridgehead atoms. The van der Waals surface area contributed by atoms with Gasteiger partial charge < -0.3 is 5.11 Å². The summed E-state index contributed by atoms with van der Waals surface area (Å²) in [5, 5.41) is 8.64. The molecule has 1 aromatic carbocycles. The molecule has 0 fully saturated rings. The molecule has 0 heterocycles. The van der Waals surface area contributed by atoms with Crippen LogP contribution in [0.25, 0.3) is 0 Å². The highest BCUT2D eigenvalue weighted by Crippen LogP contribution is 2.10. The number of carboxylic acids is 1. The Kier molecular flexibility index (Phi) is 3.63. The number of carboxylic acid groups (broad SMARTS) is 1. The summed E-state index contributed by atoms with van der Waals surface area (Å²) < 4.78 is 12.5. The summed E-state index contributed by atoms with van der Waals surface area (Å²) in [6.07, 6.45) is 1.26. The number of hydrogen-bond acceptors (Lipinski definition) is 1. The third kappa shape index (κ3) is 3.17. The van der Waals surface area contributed by atoms with Gasteiger partial charge >= 0.3 is 5.97 Å². The Hall–Kier alpha value is -1.38. The van der Waals surface area contributed by atoms with Gasteiger partial charge in [-0.15, -0.1) is 0 Å². The number of aliphatic carboxylic acids is 1. The minimum absolute atomic E-state index is 0.264. The fraction of sp³-hybridized carbons (Fsp3) is 0.364. The summed E-state index contributed by atoms with van der Waals surface area (Å²) in [5.41, 5.74) is 0.972. The minimum Gasteiger partial charge on any atom is -0.481 e. The first kappa shape index (κ1) is 10.7. The molecule has 0 aliphatic carbocycles. The molecule has 1 rings (SSSR count). The number of benzene rings is 1. The molecule has 1 aromatic rings. The Morgan fingerprint density at radius 1 is 1.43 bits per heavy atom. The lowest BCUT2D eigenvalue weighted by atomic mass is 10.0. The van der Waals surface area contributed by atoms with Gasteiger partial charge in [-0.3, -0.25) is 4.79 Å². The van der Waals surface area contributed by atoms with Crippen molar-refractivity contribution in [3.05, 3.63) is 35.6 Å². The topological polar surface area (TPSA) is 37.3 Å². The molecule has 2 nitrogen and oxygen atoms in total. The highest BCUT2D eigenvalue weighted by Gasteiger charge is 2.10. The van der Waals surface area contributed by atoms with Crippen molar-refractivity contribution in [1.82, 2.24) is 0 Å². The van der Waals surface area contributed by atoms with Crippen LogP contribution in [0.5, 0.6) is 0 Å². The van der Waals surface area contributed by atoms with E-state index < -0.39 is 5.97 Å². The first-order valence-corrected chi connectivity index (χ1v) is 4.57. The van der Waals surface area contributed by atoms with Gasteiger partial charge in [0.25, 0.3) is 0 Å². The Morgan fingerprint density at radius 3 is 2.50 bits per heavy atom. The predicted octanol–water partition coefficient (Wildman–Crippen LogP) is 2.48. The largest absolute Gasteiger partial charge is 0.481 e. The first-order chi connectivity index (χ1) is 6.59. The van der Waals surface area contributed by atoms with E-state index in [9.17, 15) is 9.18 Å². The van der Waals surface area contributed by atoms with Crippen molar-refractivity contribution in [1.29, 1.82) is 0 Å². The molecule has 14 heavy (non-hydrogen) atoms. The zero-order valence-electron chi connectivity index (χ0n) is 8.03. The number of rotatable bonds is 4. The number of carbonyl (C=O) groups is 1. The molecule has 0 aliphatic rings. The van der Waals surface area contributed by atoms with Gasteiger partial charge in [0, 0.05) is 0 Å². The molecule has 0 spiro atoms. The van der Waals surface area contributed by atoms with Gasteiger partial charge in [0.2, 0.25) is 0 Å². The Morgan fingerprint density at radius 2 is 2.00 bits per heavy atom. The van der Waals surface area contributed by atoms with Crippen molar-refractivity contribution < 1.29 is 14.3 Å². The summed E-state index contributed by atoms with van der Waals surface area (Å²) in [4.78, 5) is 10.5. The van der Waals surface area contributed by atoms with Crippen molar-refractivity contribution >= 4 is 5.97 Å². The quantitative estimate of drug-likeness (QED) is 0.803. The van der Waals surface area contributed by atoms with Crippen LogP contribution in [0.3, 0.4) is 0 Å². The molecule has 0 aliphatic heterocycles. The monoisotopic (exact) mass is 196 g/mol. The van der Waals surface area contributed by atoms with Gasteiger partial charge in [0.1, 0.15) is 5.82 Å². The third-order valence-corrected chi connectivity index (χ3v) is 2.20. The van der Waals surface area contributed by atoms with Crippen molar-refractivity contribution in [2.75, 3.05) is 0 Å². The van der Waals surface area contributed by atoms with E-state index in [1.807, 2.05) is 0 Å². The summed E-state index contributed by atoms with van der Waals surface area (Å²) in [6.45, 7) is 1.67. The maximum absolute atomic E-state index is 12.5. The molecule has 1 atom stereocenters. The number of halogens is 1. The smallest absolute Gasteiger partial charge is 0.306 e.